The third-order valence-electron chi connectivity index (χ3n) is 4.57. The molecule has 0 aliphatic heterocycles. The second kappa shape index (κ2) is 8.31. The number of hydrogen-bond acceptors (Lipinski definition) is 3. The lowest BCUT2D eigenvalue weighted by atomic mass is 10.1. The zero-order valence-corrected chi connectivity index (χ0v) is 16.4. The topological polar surface area (TPSA) is 46.9 Å². The fourth-order valence-electron chi connectivity index (χ4n) is 3.27. The number of benzene rings is 2. The molecule has 0 unspecified atom stereocenters. The second-order valence-electron chi connectivity index (χ2n) is 6.66. The number of rotatable bonds is 6. The standard InChI is InChI=1S/C23H21N3OS/c1-26-15-18(20-9-2-3-10-21(20)26)14-22(27)25-19-8-6-7-17(13-19)16-28-23-11-4-5-12-24-23/h2-13,15H,14,16H2,1H3,(H,25,27). The van der Waals surface area contributed by atoms with E-state index in [0.29, 0.717) is 6.42 Å². The molecule has 0 radical (unpaired) electrons. The molecule has 4 aromatic rings. The highest BCUT2D eigenvalue weighted by Crippen LogP contribution is 2.23. The first-order chi connectivity index (χ1) is 13.7. The monoisotopic (exact) mass is 387 g/mol. The van der Waals surface area contributed by atoms with Crippen molar-refractivity contribution < 1.29 is 4.79 Å². The van der Waals surface area contributed by atoms with Gasteiger partial charge in [0.25, 0.3) is 0 Å². The molecule has 0 saturated carbocycles. The number of amides is 1. The van der Waals surface area contributed by atoms with E-state index < -0.39 is 0 Å². The molecule has 0 spiro atoms. The van der Waals surface area contributed by atoms with Crippen LogP contribution in [-0.2, 0) is 24.0 Å². The van der Waals surface area contributed by atoms with E-state index in [1.54, 1.807) is 18.0 Å². The first-order valence-corrected chi connectivity index (χ1v) is 10.1. The Balaban J connectivity index is 1.41. The average Bonchev–Trinajstić information content (AvgIpc) is 3.03. The van der Waals surface area contributed by atoms with Crippen LogP contribution in [0.25, 0.3) is 10.9 Å². The molecule has 2 aromatic carbocycles. The molecule has 0 bridgehead atoms. The molecule has 5 heteroatoms. The van der Waals surface area contributed by atoms with E-state index in [2.05, 4.69) is 33.1 Å². The molecular weight excluding hydrogens is 366 g/mol. The molecule has 0 aliphatic carbocycles. The fourth-order valence-corrected chi connectivity index (χ4v) is 4.08. The Bertz CT molecular complexity index is 1110. The van der Waals surface area contributed by atoms with Crippen LogP contribution in [0.4, 0.5) is 5.69 Å². The van der Waals surface area contributed by atoms with Gasteiger partial charge in [-0.05, 0) is 41.5 Å². The smallest absolute Gasteiger partial charge is 0.228 e. The van der Waals surface area contributed by atoms with E-state index in [9.17, 15) is 4.79 Å². The lowest BCUT2D eigenvalue weighted by molar-refractivity contribution is -0.115. The summed E-state index contributed by atoms with van der Waals surface area (Å²) in [4.78, 5) is 16.9. The van der Waals surface area contributed by atoms with Crippen LogP contribution in [-0.4, -0.2) is 15.5 Å². The molecule has 1 amide bonds. The van der Waals surface area contributed by atoms with Crippen LogP contribution < -0.4 is 5.32 Å². The number of aromatic nitrogens is 2. The summed E-state index contributed by atoms with van der Waals surface area (Å²) in [5.41, 5.74) is 4.15. The number of thioether (sulfide) groups is 1. The number of carbonyl (C=O) groups excluding carboxylic acids is 1. The van der Waals surface area contributed by atoms with Gasteiger partial charge in [-0.15, -0.1) is 11.8 Å². The van der Waals surface area contributed by atoms with E-state index in [1.165, 1.54) is 0 Å². The number of fused-ring (bicyclic) bond motifs is 1. The first kappa shape index (κ1) is 18.3. The quantitative estimate of drug-likeness (QED) is 0.471. The van der Waals surface area contributed by atoms with Crippen LogP contribution in [0.5, 0.6) is 0 Å². The molecule has 0 saturated heterocycles. The molecule has 4 rings (SSSR count). The van der Waals surface area contributed by atoms with Crippen LogP contribution >= 0.6 is 11.8 Å². The minimum absolute atomic E-state index is 0.00844. The molecule has 28 heavy (non-hydrogen) atoms. The molecular formula is C23H21N3OS. The highest BCUT2D eigenvalue weighted by atomic mass is 32.2. The summed E-state index contributed by atoms with van der Waals surface area (Å²) in [7, 11) is 2.01. The van der Waals surface area contributed by atoms with E-state index in [1.807, 2.05) is 61.8 Å². The molecule has 4 nitrogen and oxygen atoms in total. The van der Waals surface area contributed by atoms with Gasteiger partial charge in [-0.25, -0.2) is 4.98 Å². The largest absolute Gasteiger partial charge is 0.350 e. The van der Waals surface area contributed by atoms with Gasteiger partial charge in [0.2, 0.25) is 5.91 Å². The molecule has 140 valence electrons. The van der Waals surface area contributed by atoms with Crippen molar-refractivity contribution in [2.24, 2.45) is 7.05 Å². The number of aryl methyl sites for hydroxylation is 1. The van der Waals surface area contributed by atoms with Crippen LogP contribution in [0, 0.1) is 0 Å². The molecule has 1 N–H and O–H groups in total. The van der Waals surface area contributed by atoms with E-state index in [4.69, 9.17) is 0 Å². The molecule has 0 fully saturated rings. The SMILES string of the molecule is Cn1cc(CC(=O)Nc2cccc(CSc3ccccn3)c2)c2ccccc21. The summed E-state index contributed by atoms with van der Waals surface area (Å²) < 4.78 is 2.06. The highest BCUT2D eigenvalue weighted by molar-refractivity contribution is 7.98. The summed E-state index contributed by atoms with van der Waals surface area (Å²) >= 11 is 1.68. The molecule has 2 heterocycles. The normalized spacial score (nSPS) is 10.9. The third-order valence-corrected chi connectivity index (χ3v) is 5.58. The van der Waals surface area contributed by atoms with E-state index in [0.717, 1.165) is 38.5 Å². The number of anilines is 1. The molecule has 2 aromatic heterocycles. The summed E-state index contributed by atoms with van der Waals surface area (Å²) in [6.07, 6.45) is 4.19. The van der Waals surface area contributed by atoms with Crippen molar-refractivity contribution >= 4 is 34.3 Å². The first-order valence-electron chi connectivity index (χ1n) is 9.14. The van der Waals surface area contributed by atoms with Crippen LogP contribution in [0.2, 0.25) is 0 Å². The molecule has 0 aliphatic rings. The van der Waals surface area contributed by atoms with Crippen molar-refractivity contribution in [2.45, 2.75) is 17.2 Å². The third kappa shape index (κ3) is 4.26. The Hall–Kier alpha value is -3.05. The Morgan fingerprint density at radius 1 is 1.07 bits per heavy atom. The maximum Gasteiger partial charge on any atom is 0.228 e. The summed E-state index contributed by atoms with van der Waals surface area (Å²) in [5, 5.41) is 5.15. The van der Waals surface area contributed by atoms with Crippen molar-refractivity contribution in [3.8, 4) is 0 Å². The number of carbonyl (C=O) groups is 1. The fraction of sp³-hybridized carbons (Fsp3) is 0.130. The average molecular weight is 388 g/mol. The molecule has 0 atom stereocenters. The van der Waals surface area contributed by atoms with E-state index in [-0.39, 0.29) is 5.91 Å². The number of pyridine rings is 1. The van der Waals surface area contributed by atoms with Gasteiger partial charge < -0.3 is 9.88 Å². The zero-order valence-electron chi connectivity index (χ0n) is 15.6. The van der Waals surface area contributed by atoms with Crippen molar-refractivity contribution in [1.82, 2.24) is 9.55 Å². The van der Waals surface area contributed by atoms with Gasteiger partial charge in [0, 0.05) is 41.8 Å². The van der Waals surface area contributed by atoms with Gasteiger partial charge in [0.1, 0.15) is 0 Å². The van der Waals surface area contributed by atoms with Crippen molar-refractivity contribution in [2.75, 3.05) is 5.32 Å². The number of para-hydroxylation sites is 1. The highest BCUT2D eigenvalue weighted by Gasteiger charge is 2.11. The number of nitrogens with zero attached hydrogens (tertiary/aromatic N) is 2. The zero-order chi connectivity index (χ0) is 19.3. The summed E-state index contributed by atoms with van der Waals surface area (Å²) in [6, 6.07) is 22.0. The second-order valence-corrected chi connectivity index (χ2v) is 7.66. The van der Waals surface area contributed by atoms with Gasteiger partial charge in [0.05, 0.1) is 11.4 Å². The lowest BCUT2D eigenvalue weighted by Crippen LogP contribution is -2.14. The van der Waals surface area contributed by atoms with Crippen LogP contribution in [0.3, 0.4) is 0 Å². The van der Waals surface area contributed by atoms with Crippen LogP contribution in [0.1, 0.15) is 11.1 Å². The van der Waals surface area contributed by atoms with Crippen LogP contribution in [0.15, 0.2) is 84.1 Å². The minimum Gasteiger partial charge on any atom is -0.350 e. The minimum atomic E-state index is -0.00844. The Morgan fingerprint density at radius 2 is 1.93 bits per heavy atom. The Kier molecular flexibility index (Phi) is 5.44. The number of nitrogens with one attached hydrogen (secondary N) is 1. The summed E-state index contributed by atoms with van der Waals surface area (Å²) in [6.45, 7) is 0. The maximum atomic E-state index is 12.6. The maximum absolute atomic E-state index is 12.6. The van der Waals surface area contributed by atoms with Crippen molar-refractivity contribution in [1.29, 1.82) is 0 Å². The Morgan fingerprint density at radius 3 is 2.79 bits per heavy atom. The van der Waals surface area contributed by atoms with Crippen molar-refractivity contribution in [3.05, 3.63) is 90.3 Å². The van der Waals surface area contributed by atoms with Gasteiger partial charge in [0.15, 0.2) is 0 Å². The van der Waals surface area contributed by atoms with E-state index >= 15 is 0 Å². The predicted molar refractivity (Wildman–Crippen MR) is 115 cm³/mol. The number of hydrogen-bond donors (Lipinski definition) is 1. The van der Waals surface area contributed by atoms with Gasteiger partial charge >= 0.3 is 0 Å². The lowest BCUT2D eigenvalue weighted by Gasteiger charge is -2.07. The van der Waals surface area contributed by atoms with Gasteiger partial charge in [-0.3, -0.25) is 4.79 Å². The Labute approximate surface area is 168 Å². The van der Waals surface area contributed by atoms with Gasteiger partial charge in [-0.2, -0.15) is 0 Å². The summed E-state index contributed by atoms with van der Waals surface area (Å²) in [5.74, 6) is 0.801. The van der Waals surface area contributed by atoms with Gasteiger partial charge in [-0.1, -0.05) is 36.4 Å². The predicted octanol–water partition coefficient (Wildman–Crippen LogP) is 5.05. The van der Waals surface area contributed by atoms with Crippen molar-refractivity contribution in [3.63, 3.8) is 0 Å².